The number of anilines is 1. The first-order valence-corrected chi connectivity index (χ1v) is 7.00. The lowest BCUT2D eigenvalue weighted by Crippen LogP contribution is -2.25. The molecule has 1 aliphatic heterocycles. The lowest BCUT2D eigenvalue weighted by atomic mass is 10.0. The van der Waals surface area contributed by atoms with E-state index in [2.05, 4.69) is 39.9 Å². The first-order chi connectivity index (χ1) is 9.83. The molecule has 106 valence electrons. The summed E-state index contributed by atoms with van der Waals surface area (Å²) in [5.74, 6) is 1.21. The molecule has 0 unspecified atom stereocenters. The van der Waals surface area contributed by atoms with Gasteiger partial charge in [-0.1, -0.05) is 22.8 Å². The van der Waals surface area contributed by atoms with E-state index in [1.165, 1.54) is 12.0 Å². The maximum Gasteiger partial charge on any atom is 0.247 e. The van der Waals surface area contributed by atoms with Gasteiger partial charge in [0, 0.05) is 13.2 Å². The largest absolute Gasteiger partial charge is 0.381 e. The molecule has 0 spiro atoms. The molecule has 1 saturated heterocycles. The number of nitrogens with one attached hydrogen (secondary N) is 1. The maximum atomic E-state index is 5.48. The zero-order chi connectivity index (χ0) is 13.8. The summed E-state index contributed by atoms with van der Waals surface area (Å²) in [5, 5.41) is 15.2. The molecular weight excluding hydrogens is 254 g/mol. The minimum atomic E-state index is 0.534. The van der Waals surface area contributed by atoms with E-state index in [0.29, 0.717) is 11.9 Å². The average Bonchev–Trinajstić information content (AvgIpc) is 2.95. The van der Waals surface area contributed by atoms with Gasteiger partial charge in [0.2, 0.25) is 5.95 Å². The Balaban J connectivity index is 1.68. The van der Waals surface area contributed by atoms with Crippen LogP contribution in [0.15, 0.2) is 24.3 Å². The molecule has 1 aromatic carbocycles. The van der Waals surface area contributed by atoms with E-state index in [0.717, 1.165) is 31.9 Å². The molecule has 6 heteroatoms. The molecule has 1 fully saturated rings. The van der Waals surface area contributed by atoms with Crippen LogP contribution in [-0.4, -0.2) is 40.0 Å². The van der Waals surface area contributed by atoms with Crippen LogP contribution in [0, 0.1) is 12.8 Å². The van der Waals surface area contributed by atoms with Crippen LogP contribution >= 0.6 is 0 Å². The molecule has 0 aliphatic carbocycles. The summed E-state index contributed by atoms with van der Waals surface area (Å²) in [6, 6.07) is 8.13. The second-order valence-electron chi connectivity index (χ2n) is 5.21. The lowest BCUT2D eigenvalue weighted by molar-refractivity contribution is 0.0594. The Bertz CT molecular complexity index is 545. The fourth-order valence-electron chi connectivity index (χ4n) is 2.36. The van der Waals surface area contributed by atoms with Gasteiger partial charge in [0.15, 0.2) is 0 Å². The highest BCUT2D eigenvalue weighted by Gasteiger charge is 2.15. The third-order valence-corrected chi connectivity index (χ3v) is 3.55. The van der Waals surface area contributed by atoms with Crippen LogP contribution in [0.5, 0.6) is 0 Å². The van der Waals surface area contributed by atoms with Crippen molar-refractivity contribution in [3.05, 3.63) is 29.8 Å². The smallest absolute Gasteiger partial charge is 0.247 e. The van der Waals surface area contributed by atoms with Crippen LogP contribution in [0.2, 0.25) is 0 Å². The highest BCUT2D eigenvalue weighted by atomic mass is 16.5. The van der Waals surface area contributed by atoms with Crippen molar-refractivity contribution in [2.45, 2.75) is 19.8 Å². The van der Waals surface area contributed by atoms with Gasteiger partial charge in [0.1, 0.15) is 0 Å². The molecule has 1 N–H and O–H groups in total. The number of nitrogens with zero attached hydrogens (tertiary/aromatic N) is 4. The van der Waals surface area contributed by atoms with E-state index < -0.39 is 0 Å². The molecule has 0 radical (unpaired) electrons. The Morgan fingerprint density at radius 2 is 2.20 bits per heavy atom. The molecule has 6 nitrogen and oxygen atoms in total. The third kappa shape index (κ3) is 2.96. The van der Waals surface area contributed by atoms with Gasteiger partial charge in [-0.25, -0.2) is 0 Å². The van der Waals surface area contributed by atoms with Crippen molar-refractivity contribution in [1.82, 2.24) is 20.2 Å². The first kappa shape index (κ1) is 13.1. The van der Waals surface area contributed by atoms with Crippen LogP contribution in [-0.2, 0) is 4.74 Å². The summed E-state index contributed by atoms with van der Waals surface area (Å²) in [4.78, 5) is 0. The van der Waals surface area contributed by atoms with Gasteiger partial charge in [0.05, 0.1) is 12.3 Å². The molecule has 1 aliphatic rings. The van der Waals surface area contributed by atoms with Crippen molar-refractivity contribution in [3.8, 4) is 5.69 Å². The molecule has 3 rings (SSSR count). The molecule has 0 saturated carbocycles. The highest BCUT2D eigenvalue weighted by molar-refractivity contribution is 5.39. The normalized spacial score (nSPS) is 18.9. The number of benzene rings is 1. The lowest BCUT2D eigenvalue weighted by Gasteiger charge is -2.22. The van der Waals surface area contributed by atoms with Gasteiger partial charge in [-0.15, -0.1) is 0 Å². The van der Waals surface area contributed by atoms with Crippen LogP contribution in [0.4, 0.5) is 5.95 Å². The molecule has 2 aromatic rings. The number of hydrogen-bond acceptors (Lipinski definition) is 5. The Kier molecular flexibility index (Phi) is 3.92. The number of aryl methyl sites for hydroxylation is 1. The minimum Gasteiger partial charge on any atom is -0.381 e. The van der Waals surface area contributed by atoms with E-state index in [1.807, 2.05) is 12.1 Å². The van der Waals surface area contributed by atoms with Gasteiger partial charge < -0.3 is 10.1 Å². The predicted octanol–water partition coefficient (Wildman–Crippen LogP) is 1.81. The fourth-order valence-corrected chi connectivity index (χ4v) is 2.36. The number of hydrogen-bond donors (Lipinski definition) is 1. The molecule has 2 heterocycles. The third-order valence-electron chi connectivity index (χ3n) is 3.55. The number of rotatable bonds is 4. The highest BCUT2D eigenvalue weighted by Crippen LogP contribution is 2.16. The second kappa shape index (κ2) is 6.00. The van der Waals surface area contributed by atoms with E-state index >= 15 is 0 Å². The molecular formula is C14H19N5O. The van der Waals surface area contributed by atoms with Gasteiger partial charge in [0.25, 0.3) is 0 Å². The Morgan fingerprint density at radius 3 is 2.95 bits per heavy atom. The maximum absolute atomic E-state index is 5.48. The molecule has 20 heavy (non-hydrogen) atoms. The summed E-state index contributed by atoms with van der Waals surface area (Å²) < 4.78 is 7.21. The standard InChI is InChI=1S/C14H19N5O/c1-11-4-6-13(7-5-11)19-14(16-17-18-19)15-9-12-3-2-8-20-10-12/h4-7,12H,2-3,8-10H2,1H3,(H,15,16,18)/t12-/m0/s1. The van der Waals surface area contributed by atoms with Crippen molar-refractivity contribution >= 4 is 5.95 Å². The fraction of sp³-hybridized carbons (Fsp3) is 0.500. The number of tetrazole rings is 1. The van der Waals surface area contributed by atoms with Gasteiger partial charge in [-0.05, 0) is 48.2 Å². The number of ether oxygens (including phenoxy) is 1. The monoisotopic (exact) mass is 273 g/mol. The van der Waals surface area contributed by atoms with Crippen LogP contribution in [0.25, 0.3) is 5.69 Å². The molecule has 0 bridgehead atoms. The van der Waals surface area contributed by atoms with Gasteiger partial charge in [-0.3, -0.25) is 0 Å². The zero-order valence-corrected chi connectivity index (χ0v) is 11.6. The Labute approximate surface area is 118 Å². The van der Waals surface area contributed by atoms with Gasteiger partial charge in [-0.2, -0.15) is 4.68 Å². The van der Waals surface area contributed by atoms with Crippen molar-refractivity contribution in [3.63, 3.8) is 0 Å². The number of aromatic nitrogens is 4. The quantitative estimate of drug-likeness (QED) is 0.920. The summed E-state index contributed by atoms with van der Waals surface area (Å²) in [7, 11) is 0. The minimum absolute atomic E-state index is 0.534. The predicted molar refractivity (Wildman–Crippen MR) is 75.9 cm³/mol. The van der Waals surface area contributed by atoms with E-state index in [-0.39, 0.29) is 0 Å². The summed E-state index contributed by atoms with van der Waals surface area (Å²) in [6.07, 6.45) is 2.33. The van der Waals surface area contributed by atoms with Crippen molar-refractivity contribution < 1.29 is 4.74 Å². The SMILES string of the molecule is Cc1ccc(-n2nnnc2NC[C@@H]2CCCOC2)cc1. The van der Waals surface area contributed by atoms with Crippen LogP contribution < -0.4 is 5.32 Å². The van der Waals surface area contributed by atoms with Crippen molar-refractivity contribution in [1.29, 1.82) is 0 Å². The van der Waals surface area contributed by atoms with E-state index in [1.54, 1.807) is 4.68 Å². The summed E-state index contributed by atoms with van der Waals surface area (Å²) in [6.45, 7) is 4.61. The van der Waals surface area contributed by atoms with Gasteiger partial charge >= 0.3 is 0 Å². The summed E-state index contributed by atoms with van der Waals surface area (Å²) in [5.41, 5.74) is 2.18. The molecule has 1 atom stereocenters. The Hall–Kier alpha value is -1.95. The van der Waals surface area contributed by atoms with Crippen molar-refractivity contribution in [2.24, 2.45) is 5.92 Å². The van der Waals surface area contributed by atoms with Crippen molar-refractivity contribution in [2.75, 3.05) is 25.1 Å². The van der Waals surface area contributed by atoms with Crippen LogP contribution in [0.1, 0.15) is 18.4 Å². The average molecular weight is 273 g/mol. The topological polar surface area (TPSA) is 64.9 Å². The molecule has 1 aromatic heterocycles. The molecule has 0 amide bonds. The first-order valence-electron chi connectivity index (χ1n) is 7.00. The van der Waals surface area contributed by atoms with Crippen LogP contribution in [0.3, 0.4) is 0 Å². The second-order valence-corrected chi connectivity index (χ2v) is 5.21. The Morgan fingerprint density at radius 1 is 1.35 bits per heavy atom. The summed E-state index contributed by atoms with van der Waals surface area (Å²) >= 11 is 0. The van der Waals surface area contributed by atoms with E-state index in [9.17, 15) is 0 Å². The zero-order valence-electron chi connectivity index (χ0n) is 11.6. The van der Waals surface area contributed by atoms with E-state index in [4.69, 9.17) is 4.74 Å².